The number of rotatable bonds is 5. The number of imidazole rings is 1. The molecule has 0 spiro atoms. The van der Waals surface area contributed by atoms with E-state index in [0.717, 1.165) is 41.5 Å². The summed E-state index contributed by atoms with van der Waals surface area (Å²) in [5, 5.41) is 1.44. The van der Waals surface area contributed by atoms with E-state index in [1.54, 1.807) is 19.2 Å². The van der Waals surface area contributed by atoms with Crippen LogP contribution in [0.25, 0.3) is 22.2 Å². The van der Waals surface area contributed by atoms with Crippen LogP contribution in [0.1, 0.15) is 19.8 Å². The Morgan fingerprint density at radius 3 is 2.50 bits per heavy atom. The monoisotopic (exact) mass is 382 g/mol. The molecule has 0 aliphatic rings. The van der Waals surface area contributed by atoms with Gasteiger partial charge in [0.1, 0.15) is 5.52 Å². The molecule has 3 aromatic rings. The van der Waals surface area contributed by atoms with Crippen LogP contribution in [0.5, 0.6) is 6.01 Å². The van der Waals surface area contributed by atoms with E-state index in [4.69, 9.17) is 39.5 Å². The van der Waals surface area contributed by atoms with Crippen molar-refractivity contribution in [1.29, 1.82) is 0 Å². The van der Waals surface area contributed by atoms with Crippen LogP contribution in [0.3, 0.4) is 0 Å². The molecular formula is C18H17Cl3N2O. The highest BCUT2D eigenvalue weighted by molar-refractivity contribution is 6.44. The molecule has 3 rings (SSSR count). The predicted molar refractivity (Wildman–Crippen MR) is 102 cm³/mol. The Labute approximate surface area is 156 Å². The van der Waals surface area contributed by atoms with Gasteiger partial charge in [0.25, 0.3) is 6.01 Å². The fraction of sp³-hybridized carbons (Fsp3) is 0.278. The number of halogens is 3. The van der Waals surface area contributed by atoms with Crippen molar-refractivity contribution >= 4 is 45.8 Å². The van der Waals surface area contributed by atoms with E-state index in [9.17, 15) is 0 Å². The van der Waals surface area contributed by atoms with E-state index in [1.165, 1.54) is 0 Å². The molecule has 1 aromatic heterocycles. The van der Waals surface area contributed by atoms with Gasteiger partial charge in [-0.05, 0) is 24.6 Å². The number of aromatic nitrogens is 2. The Kier molecular flexibility index (Phi) is 5.24. The lowest BCUT2D eigenvalue weighted by atomic mass is 10.0. The second-order valence-corrected chi connectivity index (χ2v) is 6.74. The van der Waals surface area contributed by atoms with Crippen LogP contribution in [-0.2, 0) is 6.54 Å². The molecule has 0 aliphatic heterocycles. The molecule has 0 amide bonds. The minimum atomic E-state index is 0.434. The number of para-hydroxylation sites is 1. The lowest BCUT2D eigenvalue weighted by molar-refractivity contribution is 0.357. The highest BCUT2D eigenvalue weighted by Gasteiger charge is 2.17. The molecule has 0 fully saturated rings. The maximum absolute atomic E-state index is 6.39. The van der Waals surface area contributed by atoms with Gasteiger partial charge in [0, 0.05) is 17.7 Å². The SMILES string of the molecule is CCCCn1c(OC)nc2c(-c3cc(Cl)c(Cl)cc3Cl)cccc21. The zero-order chi connectivity index (χ0) is 17.3. The first kappa shape index (κ1) is 17.4. The summed E-state index contributed by atoms with van der Waals surface area (Å²) < 4.78 is 7.55. The zero-order valence-corrected chi connectivity index (χ0v) is 15.7. The molecule has 0 saturated carbocycles. The molecule has 3 nitrogen and oxygen atoms in total. The second kappa shape index (κ2) is 7.22. The Balaban J connectivity index is 2.23. The number of aryl methyl sites for hydroxylation is 1. The van der Waals surface area contributed by atoms with Gasteiger partial charge in [-0.15, -0.1) is 0 Å². The van der Waals surface area contributed by atoms with Gasteiger partial charge in [-0.25, -0.2) is 0 Å². The first-order chi connectivity index (χ1) is 11.6. The smallest absolute Gasteiger partial charge is 0.297 e. The van der Waals surface area contributed by atoms with Crippen LogP contribution in [0.2, 0.25) is 15.1 Å². The van der Waals surface area contributed by atoms with E-state index >= 15 is 0 Å². The molecule has 126 valence electrons. The summed E-state index contributed by atoms with van der Waals surface area (Å²) in [4.78, 5) is 4.66. The van der Waals surface area contributed by atoms with Gasteiger partial charge in [-0.1, -0.05) is 60.3 Å². The largest absolute Gasteiger partial charge is 0.468 e. The van der Waals surface area contributed by atoms with Gasteiger partial charge in [0.05, 0.1) is 27.7 Å². The average molecular weight is 384 g/mol. The molecule has 0 radical (unpaired) electrons. The van der Waals surface area contributed by atoms with Crippen molar-refractivity contribution in [3.8, 4) is 17.1 Å². The number of ether oxygens (including phenoxy) is 1. The molecule has 0 aliphatic carbocycles. The van der Waals surface area contributed by atoms with Crippen LogP contribution in [0.4, 0.5) is 0 Å². The maximum Gasteiger partial charge on any atom is 0.297 e. The molecule has 0 unspecified atom stereocenters. The third kappa shape index (κ3) is 3.08. The van der Waals surface area contributed by atoms with Crippen molar-refractivity contribution in [2.75, 3.05) is 7.11 Å². The van der Waals surface area contributed by atoms with Gasteiger partial charge in [-0.2, -0.15) is 4.98 Å². The number of nitrogens with zero attached hydrogens (tertiary/aromatic N) is 2. The Bertz CT molecular complexity index is 890. The molecule has 0 bridgehead atoms. The van der Waals surface area contributed by atoms with Crippen molar-refractivity contribution < 1.29 is 4.74 Å². The van der Waals surface area contributed by atoms with Crippen molar-refractivity contribution in [1.82, 2.24) is 9.55 Å². The molecule has 0 saturated heterocycles. The van der Waals surface area contributed by atoms with Gasteiger partial charge in [0.15, 0.2) is 0 Å². The fourth-order valence-corrected chi connectivity index (χ4v) is 3.41. The summed E-state index contributed by atoms with van der Waals surface area (Å²) >= 11 is 18.6. The number of hydrogen-bond acceptors (Lipinski definition) is 2. The summed E-state index contributed by atoms with van der Waals surface area (Å²) in [6.45, 7) is 3.02. The lowest BCUT2D eigenvalue weighted by Gasteiger charge is -2.09. The summed E-state index contributed by atoms with van der Waals surface area (Å²) in [5.74, 6) is 0. The molecular weight excluding hydrogens is 367 g/mol. The van der Waals surface area contributed by atoms with E-state index in [2.05, 4.69) is 16.5 Å². The van der Waals surface area contributed by atoms with Crippen molar-refractivity contribution in [2.45, 2.75) is 26.3 Å². The number of benzene rings is 2. The molecule has 2 aromatic carbocycles. The summed E-state index contributed by atoms with van der Waals surface area (Å²) in [5.41, 5.74) is 3.56. The van der Waals surface area contributed by atoms with Crippen LogP contribution in [-0.4, -0.2) is 16.7 Å². The number of hydrogen-bond donors (Lipinski definition) is 0. The maximum atomic E-state index is 6.39. The van der Waals surface area contributed by atoms with Crippen molar-refractivity contribution in [2.24, 2.45) is 0 Å². The van der Waals surface area contributed by atoms with Crippen LogP contribution >= 0.6 is 34.8 Å². The van der Waals surface area contributed by atoms with E-state index in [-0.39, 0.29) is 0 Å². The Morgan fingerprint density at radius 2 is 1.79 bits per heavy atom. The highest BCUT2D eigenvalue weighted by atomic mass is 35.5. The number of methoxy groups -OCH3 is 1. The quantitative estimate of drug-likeness (QED) is 0.472. The highest BCUT2D eigenvalue weighted by Crippen LogP contribution is 2.39. The van der Waals surface area contributed by atoms with E-state index in [0.29, 0.717) is 21.1 Å². The van der Waals surface area contributed by atoms with Crippen LogP contribution in [0, 0.1) is 0 Å². The third-order valence-electron chi connectivity index (χ3n) is 3.96. The predicted octanol–water partition coefficient (Wildman–Crippen LogP) is 6.47. The molecule has 6 heteroatoms. The van der Waals surface area contributed by atoms with Gasteiger partial charge < -0.3 is 4.74 Å². The average Bonchev–Trinajstić information content (AvgIpc) is 2.94. The first-order valence-electron chi connectivity index (χ1n) is 7.75. The Hall–Kier alpha value is -1.42. The molecule has 24 heavy (non-hydrogen) atoms. The van der Waals surface area contributed by atoms with Crippen molar-refractivity contribution in [3.05, 3.63) is 45.4 Å². The molecule has 1 heterocycles. The third-order valence-corrected chi connectivity index (χ3v) is 5.00. The van der Waals surface area contributed by atoms with Gasteiger partial charge in [-0.3, -0.25) is 4.57 Å². The normalized spacial score (nSPS) is 11.2. The van der Waals surface area contributed by atoms with Crippen LogP contribution in [0.15, 0.2) is 30.3 Å². The summed E-state index contributed by atoms with van der Waals surface area (Å²) in [7, 11) is 1.63. The lowest BCUT2D eigenvalue weighted by Crippen LogP contribution is -2.00. The zero-order valence-electron chi connectivity index (χ0n) is 13.4. The minimum Gasteiger partial charge on any atom is -0.468 e. The molecule has 0 N–H and O–H groups in total. The number of unbranched alkanes of at least 4 members (excludes halogenated alkanes) is 1. The van der Waals surface area contributed by atoms with Gasteiger partial charge >= 0.3 is 0 Å². The van der Waals surface area contributed by atoms with Gasteiger partial charge in [0.2, 0.25) is 0 Å². The standard InChI is InChI=1S/C18H17Cl3N2O/c1-3-4-8-23-16-7-5-6-11(17(16)22-18(23)24-2)12-9-14(20)15(21)10-13(12)19/h5-7,9-10H,3-4,8H2,1-2H3. The second-order valence-electron chi connectivity index (χ2n) is 5.52. The minimum absolute atomic E-state index is 0.434. The number of fused-ring (bicyclic) bond motifs is 1. The first-order valence-corrected chi connectivity index (χ1v) is 8.88. The Morgan fingerprint density at radius 1 is 1.04 bits per heavy atom. The summed E-state index contributed by atoms with van der Waals surface area (Å²) in [6, 6.07) is 10.0. The fourth-order valence-electron chi connectivity index (χ4n) is 2.76. The molecule has 0 atom stereocenters. The van der Waals surface area contributed by atoms with Crippen LogP contribution < -0.4 is 4.74 Å². The van der Waals surface area contributed by atoms with E-state index in [1.807, 2.05) is 18.2 Å². The van der Waals surface area contributed by atoms with E-state index < -0.39 is 0 Å². The van der Waals surface area contributed by atoms with Crippen molar-refractivity contribution in [3.63, 3.8) is 0 Å². The topological polar surface area (TPSA) is 27.1 Å². The summed E-state index contributed by atoms with van der Waals surface area (Å²) in [6.07, 6.45) is 2.15.